The third-order valence-corrected chi connectivity index (χ3v) is 4.27. The van der Waals surface area contributed by atoms with Crippen LogP contribution in [0.4, 0.5) is 0 Å². The second-order valence-electron chi connectivity index (χ2n) is 6.05. The van der Waals surface area contributed by atoms with Crippen molar-refractivity contribution in [1.82, 2.24) is 15.5 Å². The van der Waals surface area contributed by atoms with E-state index in [4.69, 9.17) is 4.52 Å². The molecule has 1 aliphatic rings. The number of hydrogen-bond donors (Lipinski definition) is 2. The van der Waals surface area contributed by atoms with Crippen LogP contribution in [-0.2, 0) is 23.2 Å². The van der Waals surface area contributed by atoms with Crippen LogP contribution in [0.3, 0.4) is 0 Å². The van der Waals surface area contributed by atoms with Gasteiger partial charge < -0.3 is 14.9 Å². The zero-order valence-corrected chi connectivity index (χ0v) is 13.2. The van der Waals surface area contributed by atoms with Crippen LogP contribution in [0.5, 0.6) is 0 Å². The number of carbonyl (C=O) groups is 1. The van der Waals surface area contributed by atoms with Gasteiger partial charge in [0.25, 0.3) is 0 Å². The number of aromatic nitrogens is 2. The van der Waals surface area contributed by atoms with E-state index in [1.54, 1.807) is 6.92 Å². The molecule has 0 radical (unpaired) electrons. The van der Waals surface area contributed by atoms with Gasteiger partial charge in [-0.1, -0.05) is 29.4 Å². The maximum Gasteiger partial charge on any atom is 0.227 e. The van der Waals surface area contributed by atoms with E-state index < -0.39 is 5.60 Å². The van der Waals surface area contributed by atoms with Crippen molar-refractivity contribution in [2.45, 2.75) is 44.6 Å². The summed E-state index contributed by atoms with van der Waals surface area (Å²) in [5.41, 5.74) is 1.11. The number of fused-ring (bicyclic) bond motifs is 1. The molecule has 0 spiro atoms. The molecular weight excluding hydrogens is 294 g/mol. The van der Waals surface area contributed by atoms with Gasteiger partial charge in [0, 0.05) is 12.8 Å². The molecule has 0 fully saturated rings. The minimum atomic E-state index is -0.981. The fourth-order valence-electron chi connectivity index (χ4n) is 3.08. The predicted molar refractivity (Wildman–Crippen MR) is 83.6 cm³/mol. The van der Waals surface area contributed by atoms with E-state index in [2.05, 4.69) is 15.5 Å². The normalized spacial score (nSPS) is 20.1. The van der Waals surface area contributed by atoms with Gasteiger partial charge in [0.15, 0.2) is 5.82 Å². The number of rotatable bonds is 5. The predicted octanol–water partition coefficient (Wildman–Crippen LogP) is 1.65. The Bertz CT molecular complexity index is 698. The number of aryl methyl sites for hydroxylation is 3. The van der Waals surface area contributed by atoms with Crippen LogP contribution >= 0.6 is 0 Å². The fourth-order valence-corrected chi connectivity index (χ4v) is 3.08. The lowest BCUT2D eigenvalue weighted by atomic mass is 9.79. The van der Waals surface area contributed by atoms with E-state index in [1.807, 2.05) is 24.3 Å². The minimum Gasteiger partial charge on any atom is -0.383 e. The third-order valence-electron chi connectivity index (χ3n) is 4.27. The first kappa shape index (κ1) is 15.7. The topological polar surface area (TPSA) is 88.2 Å². The molecule has 0 aliphatic heterocycles. The Labute approximate surface area is 134 Å². The summed E-state index contributed by atoms with van der Waals surface area (Å²) < 4.78 is 4.98. The molecule has 2 N–H and O–H groups in total. The summed E-state index contributed by atoms with van der Waals surface area (Å²) in [5.74, 6) is 0.894. The number of carbonyl (C=O) groups excluding carboxylic acids is 1. The standard InChI is InChI=1S/C17H21N3O3/c1-12-19-16(23-20-12)9-8-15(21)18-11-17(22)10-4-6-13-5-2-3-7-14(13)17/h2-3,5,7,22H,4,6,8-11H2,1H3,(H,18,21). The Morgan fingerprint density at radius 1 is 1.43 bits per heavy atom. The lowest BCUT2D eigenvalue weighted by molar-refractivity contribution is -0.122. The highest BCUT2D eigenvalue weighted by molar-refractivity contribution is 5.76. The fraction of sp³-hybridized carbons (Fsp3) is 0.471. The van der Waals surface area contributed by atoms with E-state index in [0.29, 0.717) is 24.6 Å². The zero-order chi connectivity index (χ0) is 16.3. The smallest absolute Gasteiger partial charge is 0.227 e. The molecule has 6 nitrogen and oxygen atoms in total. The van der Waals surface area contributed by atoms with Gasteiger partial charge in [0.1, 0.15) is 5.60 Å². The highest BCUT2D eigenvalue weighted by atomic mass is 16.5. The minimum absolute atomic E-state index is 0.127. The highest BCUT2D eigenvalue weighted by Crippen LogP contribution is 2.34. The van der Waals surface area contributed by atoms with Crippen LogP contribution in [0.25, 0.3) is 0 Å². The molecule has 23 heavy (non-hydrogen) atoms. The van der Waals surface area contributed by atoms with Gasteiger partial charge >= 0.3 is 0 Å². The first-order chi connectivity index (χ1) is 11.1. The molecule has 0 saturated heterocycles. The zero-order valence-electron chi connectivity index (χ0n) is 13.2. The first-order valence-electron chi connectivity index (χ1n) is 7.93. The second-order valence-corrected chi connectivity index (χ2v) is 6.05. The van der Waals surface area contributed by atoms with Crippen LogP contribution in [0.15, 0.2) is 28.8 Å². The average molecular weight is 315 g/mol. The van der Waals surface area contributed by atoms with Gasteiger partial charge in [-0.3, -0.25) is 4.79 Å². The van der Waals surface area contributed by atoms with Crippen molar-refractivity contribution in [3.63, 3.8) is 0 Å². The van der Waals surface area contributed by atoms with Crippen molar-refractivity contribution >= 4 is 5.91 Å². The Hall–Kier alpha value is -2.21. The molecule has 1 atom stereocenters. The van der Waals surface area contributed by atoms with Gasteiger partial charge in [-0.15, -0.1) is 0 Å². The van der Waals surface area contributed by atoms with Gasteiger partial charge in [0.2, 0.25) is 11.8 Å². The van der Waals surface area contributed by atoms with Crippen molar-refractivity contribution in [3.05, 3.63) is 47.1 Å². The third kappa shape index (κ3) is 3.59. The van der Waals surface area contributed by atoms with Crippen molar-refractivity contribution in [1.29, 1.82) is 0 Å². The van der Waals surface area contributed by atoms with Crippen molar-refractivity contribution in [2.75, 3.05) is 6.54 Å². The van der Waals surface area contributed by atoms with Crippen LogP contribution in [0.2, 0.25) is 0 Å². The van der Waals surface area contributed by atoms with E-state index in [0.717, 1.165) is 24.0 Å². The van der Waals surface area contributed by atoms with E-state index >= 15 is 0 Å². The van der Waals surface area contributed by atoms with Crippen LogP contribution in [0.1, 0.15) is 42.1 Å². The summed E-state index contributed by atoms with van der Waals surface area (Å²) in [6, 6.07) is 7.89. The quantitative estimate of drug-likeness (QED) is 0.876. The van der Waals surface area contributed by atoms with Gasteiger partial charge in [-0.2, -0.15) is 4.98 Å². The number of aliphatic hydroxyl groups is 1. The summed E-state index contributed by atoms with van der Waals surface area (Å²) in [4.78, 5) is 16.1. The Morgan fingerprint density at radius 3 is 3.04 bits per heavy atom. The SMILES string of the molecule is Cc1noc(CCC(=O)NCC2(O)CCCc3ccccc32)n1. The second kappa shape index (κ2) is 6.50. The molecule has 122 valence electrons. The molecule has 1 heterocycles. The number of amides is 1. The summed E-state index contributed by atoms with van der Waals surface area (Å²) in [6.07, 6.45) is 3.22. The molecule has 0 saturated carbocycles. The van der Waals surface area contributed by atoms with Crippen LogP contribution < -0.4 is 5.32 Å². The number of nitrogens with one attached hydrogen (secondary N) is 1. The van der Waals surface area contributed by atoms with E-state index in [1.165, 1.54) is 0 Å². The molecule has 1 aliphatic carbocycles. The molecule has 1 amide bonds. The molecule has 1 aromatic heterocycles. The molecule has 3 rings (SSSR count). The van der Waals surface area contributed by atoms with Gasteiger partial charge in [0.05, 0.1) is 6.54 Å². The van der Waals surface area contributed by atoms with Crippen molar-refractivity contribution in [3.8, 4) is 0 Å². The summed E-state index contributed by atoms with van der Waals surface area (Å²) in [6.45, 7) is 1.97. The van der Waals surface area contributed by atoms with Crippen LogP contribution in [-0.4, -0.2) is 27.7 Å². The lowest BCUT2D eigenvalue weighted by Crippen LogP contribution is -2.43. The molecular formula is C17H21N3O3. The number of hydrogen-bond acceptors (Lipinski definition) is 5. The summed E-state index contributed by atoms with van der Waals surface area (Å²) in [5, 5.41) is 17.4. The van der Waals surface area contributed by atoms with Crippen LogP contribution in [0, 0.1) is 6.92 Å². The molecule has 6 heteroatoms. The van der Waals surface area contributed by atoms with E-state index in [9.17, 15) is 9.90 Å². The Balaban J connectivity index is 1.56. The van der Waals surface area contributed by atoms with E-state index in [-0.39, 0.29) is 18.9 Å². The highest BCUT2D eigenvalue weighted by Gasteiger charge is 2.34. The summed E-state index contributed by atoms with van der Waals surface area (Å²) in [7, 11) is 0. The monoisotopic (exact) mass is 315 g/mol. The molecule has 2 aromatic rings. The number of benzene rings is 1. The van der Waals surface area contributed by atoms with Crippen molar-refractivity contribution in [2.24, 2.45) is 0 Å². The first-order valence-corrected chi connectivity index (χ1v) is 7.93. The summed E-state index contributed by atoms with van der Waals surface area (Å²) >= 11 is 0. The maximum absolute atomic E-state index is 12.0. The Morgan fingerprint density at radius 2 is 2.26 bits per heavy atom. The molecule has 0 bridgehead atoms. The number of nitrogens with zero attached hydrogens (tertiary/aromatic N) is 2. The Kier molecular flexibility index (Phi) is 4.43. The largest absolute Gasteiger partial charge is 0.383 e. The van der Waals surface area contributed by atoms with Gasteiger partial charge in [-0.25, -0.2) is 0 Å². The lowest BCUT2D eigenvalue weighted by Gasteiger charge is -2.34. The maximum atomic E-state index is 12.0. The van der Waals surface area contributed by atoms with Gasteiger partial charge in [-0.05, 0) is 37.3 Å². The average Bonchev–Trinajstić information content (AvgIpc) is 2.97. The van der Waals surface area contributed by atoms with Crippen molar-refractivity contribution < 1.29 is 14.4 Å². The molecule has 1 aromatic carbocycles. The molecule has 1 unspecified atom stereocenters.